The molecule has 0 saturated carbocycles. The van der Waals surface area contributed by atoms with Crippen LogP contribution in [-0.4, -0.2) is 19.3 Å². The predicted molar refractivity (Wildman–Crippen MR) is 129 cm³/mol. The van der Waals surface area contributed by atoms with Crippen molar-refractivity contribution in [2.24, 2.45) is 0 Å². The van der Waals surface area contributed by atoms with E-state index in [0.717, 1.165) is 37.8 Å². The van der Waals surface area contributed by atoms with E-state index in [2.05, 4.69) is 6.07 Å². The molecule has 0 N–H and O–H groups in total. The zero-order valence-corrected chi connectivity index (χ0v) is 22.3. The quantitative estimate of drug-likeness (QED) is 0.284. The summed E-state index contributed by atoms with van der Waals surface area (Å²) >= 11 is 3.21. The summed E-state index contributed by atoms with van der Waals surface area (Å²) in [5, 5.41) is 13.6. The number of carbonyl (C=O) groups excluding carboxylic acids is 1. The maximum absolute atomic E-state index is 11.6. The SMILES string of the molecule is COc1ccc(-c2sccc2-c2cc(SC)ccc2OCc2ccccc2)cc1C(=O)[O-].[Na+]. The fourth-order valence-electron chi connectivity index (χ4n) is 3.46. The standard InChI is InChI=1S/C26H22O4S2.Na/c1-29-23-10-8-18(14-22(23)26(27)28)25-20(12-13-32-25)21-15-19(31-2)9-11-24(21)30-16-17-6-4-3-5-7-17;/h3-15H,16H2,1-2H3,(H,27,28);/q;+1/p-1. The van der Waals surface area contributed by atoms with Gasteiger partial charge in [0, 0.05) is 26.5 Å². The van der Waals surface area contributed by atoms with Gasteiger partial charge in [-0.25, -0.2) is 0 Å². The molecule has 0 bridgehead atoms. The second-order valence-electron chi connectivity index (χ2n) is 7.00. The zero-order chi connectivity index (χ0) is 22.5. The van der Waals surface area contributed by atoms with E-state index in [1.165, 1.54) is 7.11 Å². The van der Waals surface area contributed by atoms with Gasteiger partial charge in [-0.1, -0.05) is 30.3 Å². The fourth-order valence-corrected chi connectivity index (χ4v) is 4.81. The van der Waals surface area contributed by atoms with Gasteiger partial charge in [0.25, 0.3) is 0 Å². The number of thiophene rings is 1. The van der Waals surface area contributed by atoms with E-state index in [9.17, 15) is 9.90 Å². The van der Waals surface area contributed by atoms with Crippen molar-refractivity contribution in [3.63, 3.8) is 0 Å². The summed E-state index contributed by atoms with van der Waals surface area (Å²) in [5.41, 5.74) is 3.87. The monoisotopic (exact) mass is 484 g/mol. The molecule has 4 aromatic rings. The van der Waals surface area contributed by atoms with Gasteiger partial charge in [0.15, 0.2) is 0 Å². The van der Waals surface area contributed by atoms with Crippen LogP contribution in [0.5, 0.6) is 11.5 Å². The number of ether oxygens (including phenoxy) is 2. The van der Waals surface area contributed by atoms with Gasteiger partial charge in [-0.3, -0.25) is 0 Å². The van der Waals surface area contributed by atoms with Crippen LogP contribution in [0.1, 0.15) is 15.9 Å². The Morgan fingerprint density at radius 1 is 0.970 bits per heavy atom. The number of rotatable bonds is 8. The van der Waals surface area contributed by atoms with Crippen LogP contribution in [0.25, 0.3) is 21.6 Å². The third-order valence-corrected chi connectivity index (χ3v) is 6.75. The van der Waals surface area contributed by atoms with Crippen molar-refractivity contribution >= 4 is 29.1 Å². The number of hydrogen-bond acceptors (Lipinski definition) is 6. The maximum Gasteiger partial charge on any atom is 1.00 e. The molecule has 0 aliphatic carbocycles. The first-order chi connectivity index (χ1) is 15.6. The topological polar surface area (TPSA) is 58.6 Å². The molecule has 33 heavy (non-hydrogen) atoms. The van der Waals surface area contributed by atoms with Crippen LogP contribution in [-0.2, 0) is 6.61 Å². The maximum atomic E-state index is 11.6. The number of carbonyl (C=O) groups is 1. The van der Waals surface area contributed by atoms with Crippen LogP contribution in [0.4, 0.5) is 0 Å². The van der Waals surface area contributed by atoms with Crippen LogP contribution in [0.15, 0.2) is 83.1 Å². The average molecular weight is 485 g/mol. The Morgan fingerprint density at radius 2 is 1.73 bits per heavy atom. The summed E-state index contributed by atoms with van der Waals surface area (Å²) in [6.45, 7) is 0.462. The van der Waals surface area contributed by atoms with Gasteiger partial charge in [0.05, 0.1) is 13.1 Å². The summed E-state index contributed by atoms with van der Waals surface area (Å²) in [7, 11) is 1.45. The van der Waals surface area contributed by atoms with Crippen LogP contribution in [0.3, 0.4) is 0 Å². The minimum atomic E-state index is -1.27. The minimum Gasteiger partial charge on any atom is -0.545 e. The molecular weight excluding hydrogens is 463 g/mol. The first-order valence-corrected chi connectivity index (χ1v) is 12.0. The number of hydrogen-bond donors (Lipinski definition) is 0. The van der Waals surface area contributed by atoms with Crippen molar-refractivity contribution in [1.29, 1.82) is 0 Å². The smallest absolute Gasteiger partial charge is 0.545 e. The van der Waals surface area contributed by atoms with E-state index in [-0.39, 0.29) is 40.9 Å². The van der Waals surface area contributed by atoms with E-state index in [0.29, 0.717) is 6.61 Å². The molecule has 0 spiro atoms. The summed E-state index contributed by atoms with van der Waals surface area (Å²) in [5.74, 6) is -0.207. The fraction of sp³-hybridized carbons (Fsp3) is 0.115. The number of methoxy groups -OCH3 is 1. The molecule has 7 heteroatoms. The van der Waals surface area contributed by atoms with Crippen LogP contribution < -0.4 is 44.1 Å². The summed E-state index contributed by atoms with van der Waals surface area (Å²) in [6, 6.07) is 23.3. The molecule has 4 nitrogen and oxygen atoms in total. The number of carboxylic acid groups (broad SMARTS) is 1. The van der Waals surface area contributed by atoms with Gasteiger partial charge >= 0.3 is 29.6 Å². The first kappa shape index (κ1) is 25.4. The Hall–Kier alpha value is -2.22. The molecule has 0 aliphatic rings. The normalized spacial score (nSPS) is 10.4. The van der Waals surface area contributed by atoms with Crippen molar-refractivity contribution in [2.75, 3.05) is 13.4 Å². The van der Waals surface area contributed by atoms with Gasteiger partial charge in [-0.15, -0.1) is 23.1 Å². The van der Waals surface area contributed by atoms with Gasteiger partial charge in [-0.2, -0.15) is 0 Å². The summed E-state index contributed by atoms with van der Waals surface area (Å²) in [4.78, 5) is 13.7. The Kier molecular flexibility index (Phi) is 9.06. The molecule has 3 aromatic carbocycles. The van der Waals surface area contributed by atoms with Crippen molar-refractivity contribution in [2.45, 2.75) is 11.5 Å². The van der Waals surface area contributed by atoms with E-state index in [4.69, 9.17) is 9.47 Å². The Bertz CT molecular complexity index is 1240. The molecule has 0 fully saturated rings. The van der Waals surface area contributed by atoms with E-state index < -0.39 is 5.97 Å². The first-order valence-electron chi connectivity index (χ1n) is 9.93. The predicted octanol–water partition coefficient (Wildman–Crippen LogP) is 2.76. The second kappa shape index (κ2) is 11.8. The van der Waals surface area contributed by atoms with Gasteiger partial charge in [-0.05, 0) is 65.2 Å². The average Bonchev–Trinajstić information content (AvgIpc) is 3.32. The molecule has 4 rings (SSSR count). The van der Waals surface area contributed by atoms with Crippen molar-refractivity contribution in [3.05, 3.63) is 89.3 Å². The van der Waals surface area contributed by atoms with Gasteiger partial charge in [0.1, 0.15) is 18.1 Å². The molecule has 1 aromatic heterocycles. The zero-order valence-electron chi connectivity index (χ0n) is 18.7. The second-order valence-corrected chi connectivity index (χ2v) is 8.80. The van der Waals surface area contributed by atoms with Gasteiger partial charge in [0.2, 0.25) is 0 Å². The summed E-state index contributed by atoms with van der Waals surface area (Å²) < 4.78 is 11.4. The largest absolute Gasteiger partial charge is 1.00 e. The molecule has 162 valence electrons. The summed E-state index contributed by atoms with van der Waals surface area (Å²) in [6.07, 6.45) is 2.04. The molecule has 1 heterocycles. The number of carboxylic acids is 1. The Morgan fingerprint density at radius 3 is 2.42 bits per heavy atom. The van der Waals surface area contributed by atoms with Crippen LogP contribution in [0.2, 0.25) is 0 Å². The number of benzene rings is 3. The molecule has 0 atom stereocenters. The number of thioether (sulfide) groups is 1. The molecule has 0 radical (unpaired) electrons. The van der Waals surface area contributed by atoms with Crippen LogP contribution >= 0.6 is 23.1 Å². The molecule has 0 unspecified atom stereocenters. The number of aromatic carboxylic acids is 1. The van der Waals surface area contributed by atoms with Crippen molar-refractivity contribution in [1.82, 2.24) is 0 Å². The molecule has 0 amide bonds. The van der Waals surface area contributed by atoms with Crippen molar-refractivity contribution < 1.29 is 48.9 Å². The third-order valence-electron chi connectivity index (χ3n) is 5.06. The molecule has 0 saturated heterocycles. The molecular formula is C26H21NaO4S2. The van der Waals surface area contributed by atoms with E-state index >= 15 is 0 Å². The van der Waals surface area contributed by atoms with Gasteiger partial charge < -0.3 is 19.4 Å². The molecule has 0 aliphatic heterocycles. The Labute approximate surface area is 223 Å². The minimum absolute atomic E-state index is 0. The van der Waals surface area contributed by atoms with E-state index in [1.807, 2.05) is 66.2 Å². The van der Waals surface area contributed by atoms with Crippen LogP contribution in [0, 0.1) is 0 Å². The van der Waals surface area contributed by atoms with Crippen molar-refractivity contribution in [3.8, 4) is 33.1 Å². The van der Waals surface area contributed by atoms with E-state index in [1.54, 1.807) is 35.2 Å². The third kappa shape index (κ3) is 5.83. The Balaban J connectivity index is 0.00000306.